The maximum atomic E-state index is 10.7. The van der Waals surface area contributed by atoms with Gasteiger partial charge in [-0.3, -0.25) is 10.1 Å². The molecule has 0 radical (unpaired) electrons. The van der Waals surface area contributed by atoms with Crippen LogP contribution >= 0.6 is 15.9 Å². The lowest BCUT2D eigenvalue weighted by atomic mass is 10.1. The largest absolute Gasteiger partial charge is 0.490 e. The summed E-state index contributed by atoms with van der Waals surface area (Å²) in [5.74, 6) is 0.318. The van der Waals surface area contributed by atoms with Crippen LogP contribution in [0.3, 0.4) is 0 Å². The van der Waals surface area contributed by atoms with Crippen LogP contribution in [0.25, 0.3) is 0 Å². The molecule has 1 atom stereocenters. The van der Waals surface area contributed by atoms with Gasteiger partial charge in [-0.15, -0.1) is 0 Å². The molecule has 0 fully saturated rings. The second kappa shape index (κ2) is 5.84. The molecule has 0 amide bonds. The molecule has 0 saturated heterocycles. The minimum absolute atomic E-state index is 0.00821. The summed E-state index contributed by atoms with van der Waals surface area (Å²) in [5.41, 5.74) is 1.04. The molecule has 0 spiro atoms. The summed E-state index contributed by atoms with van der Waals surface area (Å²) < 4.78 is 5.01. The Morgan fingerprint density at radius 1 is 1.56 bits per heavy atom. The number of nitro benzene ring substituents is 1. The van der Waals surface area contributed by atoms with Crippen molar-refractivity contribution in [3.05, 3.63) is 33.9 Å². The Morgan fingerprint density at radius 2 is 2.25 bits per heavy atom. The predicted molar refractivity (Wildman–Crippen MR) is 66.4 cm³/mol. The van der Waals surface area contributed by atoms with E-state index < -0.39 is 4.92 Å². The topological polar surface area (TPSA) is 52.4 Å². The third kappa shape index (κ3) is 3.20. The molecule has 1 aromatic rings. The van der Waals surface area contributed by atoms with Gasteiger partial charge in [0.15, 0.2) is 5.75 Å². The maximum Gasteiger partial charge on any atom is 0.310 e. The summed E-state index contributed by atoms with van der Waals surface area (Å²) in [6, 6.07) is 4.98. The van der Waals surface area contributed by atoms with Crippen LogP contribution in [0.1, 0.15) is 18.9 Å². The van der Waals surface area contributed by atoms with E-state index in [1.54, 1.807) is 12.1 Å². The molecule has 0 saturated carbocycles. The van der Waals surface area contributed by atoms with Crippen molar-refractivity contribution in [3.8, 4) is 5.75 Å². The Hall–Kier alpha value is -1.10. The number of ether oxygens (including phenoxy) is 1. The molecule has 1 unspecified atom stereocenters. The third-order valence-electron chi connectivity index (χ3n) is 2.34. The highest BCUT2D eigenvalue weighted by atomic mass is 79.9. The number of methoxy groups -OCH3 is 1. The molecular weight excluding hydrogens is 274 g/mol. The number of hydrogen-bond acceptors (Lipinski definition) is 3. The smallest absolute Gasteiger partial charge is 0.310 e. The molecule has 0 N–H and O–H groups in total. The summed E-state index contributed by atoms with van der Waals surface area (Å²) >= 11 is 3.53. The predicted octanol–water partition coefficient (Wildman–Crippen LogP) is 3.32. The van der Waals surface area contributed by atoms with Crippen molar-refractivity contribution < 1.29 is 9.66 Å². The van der Waals surface area contributed by atoms with E-state index in [0.29, 0.717) is 10.6 Å². The fourth-order valence-corrected chi connectivity index (χ4v) is 1.77. The van der Waals surface area contributed by atoms with Crippen molar-refractivity contribution in [1.82, 2.24) is 0 Å². The molecule has 88 valence electrons. The number of benzene rings is 1. The van der Waals surface area contributed by atoms with Gasteiger partial charge in [-0.25, -0.2) is 0 Å². The molecule has 1 aromatic carbocycles. The van der Waals surface area contributed by atoms with Crippen molar-refractivity contribution >= 4 is 21.6 Å². The van der Waals surface area contributed by atoms with Gasteiger partial charge >= 0.3 is 5.69 Å². The van der Waals surface area contributed by atoms with Gasteiger partial charge in [-0.2, -0.15) is 0 Å². The number of nitro groups is 1. The monoisotopic (exact) mass is 287 g/mol. The molecule has 1 rings (SSSR count). The van der Waals surface area contributed by atoms with E-state index in [1.807, 2.05) is 0 Å². The molecule has 0 aromatic heterocycles. The van der Waals surface area contributed by atoms with Crippen molar-refractivity contribution in [2.24, 2.45) is 0 Å². The minimum Gasteiger partial charge on any atom is -0.490 e. The minimum atomic E-state index is -0.436. The zero-order chi connectivity index (χ0) is 12.1. The number of alkyl halides is 1. The van der Waals surface area contributed by atoms with Crippen LogP contribution in [0.4, 0.5) is 5.69 Å². The summed E-state index contributed by atoms with van der Waals surface area (Å²) in [4.78, 5) is 10.6. The number of hydrogen-bond donors (Lipinski definition) is 0. The van der Waals surface area contributed by atoms with Crippen LogP contribution in [0.2, 0.25) is 0 Å². The molecular formula is C11H14BrNO3. The quantitative estimate of drug-likeness (QED) is 0.474. The Kier molecular flexibility index (Phi) is 4.73. The molecule has 0 aliphatic carbocycles. The number of halogens is 1. The zero-order valence-electron chi connectivity index (χ0n) is 9.27. The lowest BCUT2D eigenvalue weighted by molar-refractivity contribution is -0.385. The molecule has 0 aliphatic rings. The first-order valence-corrected chi connectivity index (χ1v) is 5.95. The van der Waals surface area contributed by atoms with Crippen molar-refractivity contribution in [2.75, 3.05) is 7.11 Å². The Labute approximate surface area is 103 Å². The highest BCUT2D eigenvalue weighted by Gasteiger charge is 2.15. The van der Waals surface area contributed by atoms with E-state index in [9.17, 15) is 10.1 Å². The van der Waals surface area contributed by atoms with Crippen LogP contribution in [0.15, 0.2) is 18.2 Å². The number of rotatable bonds is 5. The second-order valence-corrected chi connectivity index (χ2v) is 4.77. The van der Waals surface area contributed by atoms with Gasteiger partial charge in [0, 0.05) is 10.9 Å². The first-order valence-electron chi connectivity index (χ1n) is 5.03. The van der Waals surface area contributed by atoms with Gasteiger partial charge in [-0.05, 0) is 24.5 Å². The Morgan fingerprint density at radius 3 is 2.75 bits per heavy atom. The average molecular weight is 288 g/mol. The normalized spacial score (nSPS) is 12.2. The molecule has 5 heteroatoms. The highest BCUT2D eigenvalue weighted by molar-refractivity contribution is 9.09. The SMILES string of the molecule is CCC(Br)Cc1ccc([N+](=O)[O-])c(OC)c1. The van der Waals surface area contributed by atoms with E-state index in [-0.39, 0.29) is 5.69 Å². The van der Waals surface area contributed by atoms with Gasteiger partial charge in [0.25, 0.3) is 0 Å². The van der Waals surface area contributed by atoms with Crippen LogP contribution < -0.4 is 4.74 Å². The van der Waals surface area contributed by atoms with E-state index in [2.05, 4.69) is 22.9 Å². The van der Waals surface area contributed by atoms with Gasteiger partial charge in [0.1, 0.15) is 0 Å². The second-order valence-electron chi connectivity index (χ2n) is 3.47. The Bertz CT molecular complexity index is 381. The molecule has 0 heterocycles. The van der Waals surface area contributed by atoms with Gasteiger partial charge in [-0.1, -0.05) is 28.9 Å². The van der Waals surface area contributed by atoms with Crippen molar-refractivity contribution in [3.63, 3.8) is 0 Å². The van der Waals surface area contributed by atoms with E-state index in [0.717, 1.165) is 18.4 Å². The van der Waals surface area contributed by atoms with E-state index in [4.69, 9.17) is 4.74 Å². The molecule has 0 bridgehead atoms. The standard InChI is InChI=1S/C11H14BrNO3/c1-3-9(12)6-8-4-5-10(13(14)15)11(7-8)16-2/h4-5,7,9H,3,6H2,1-2H3. The lowest BCUT2D eigenvalue weighted by Crippen LogP contribution is -2.02. The van der Waals surface area contributed by atoms with Gasteiger partial charge in [0.05, 0.1) is 12.0 Å². The van der Waals surface area contributed by atoms with Gasteiger partial charge < -0.3 is 4.74 Å². The Balaban J connectivity index is 2.95. The fraction of sp³-hybridized carbons (Fsp3) is 0.455. The summed E-state index contributed by atoms with van der Waals surface area (Å²) in [6.45, 7) is 2.09. The van der Waals surface area contributed by atoms with Crippen LogP contribution in [-0.4, -0.2) is 16.9 Å². The molecule has 0 aliphatic heterocycles. The third-order valence-corrected chi connectivity index (χ3v) is 3.31. The van der Waals surface area contributed by atoms with Crippen LogP contribution in [-0.2, 0) is 6.42 Å². The average Bonchev–Trinajstić information content (AvgIpc) is 2.28. The van der Waals surface area contributed by atoms with Crippen molar-refractivity contribution in [2.45, 2.75) is 24.6 Å². The first-order chi connectivity index (χ1) is 7.58. The van der Waals surface area contributed by atoms with Crippen LogP contribution in [0.5, 0.6) is 5.75 Å². The first kappa shape index (κ1) is 13.0. The summed E-state index contributed by atoms with van der Waals surface area (Å²) in [5, 5.41) is 10.7. The summed E-state index contributed by atoms with van der Waals surface area (Å²) in [6.07, 6.45) is 1.85. The fourth-order valence-electron chi connectivity index (χ4n) is 1.40. The highest BCUT2D eigenvalue weighted by Crippen LogP contribution is 2.28. The number of nitrogens with zero attached hydrogens (tertiary/aromatic N) is 1. The lowest BCUT2D eigenvalue weighted by Gasteiger charge is -2.08. The van der Waals surface area contributed by atoms with Gasteiger partial charge in [0.2, 0.25) is 0 Å². The summed E-state index contributed by atoms with van der Waals surface area (Å²) in [7, 11) is 1.44. The maximum absolute atomic E-state index is 10.7. The molecule has 4 nitrogen and oxygen atoms in total. The molecule has 16 heavy (non-hydrogen) atoms. The van der Waals surface area contributed by atoms with E-state index in [1.165, 1.54) is 13.2 Å². The van der Waals surface area contributed by atoms with Crippen LogP contribution in [0, 0.1) is 10.1 Å². The van der Waals surface area contributed by atoms with Crippen molar-refractivity contribution in [1.29, 1.82) is 0 Å². The zero-order valence-corrected chi connectivity index (χ0v) is 10.9. The van der Waals surface area contributed by atoms with E-state index >= 15 is 0 Å².